The van der Waals surface area contributed by atoms with E-state index in [2.05, 4.69) is 5.10 Å². The molecule has 98 valence electrons. The molecule has 0 saturated carbocycles. The standard InChI is InChI=1S/C14H13ClN2O2/c1-10-13(15)8-16-17(10)9-12-5-3-2-4-11(12)6-7-14(18)19/h2-8H,9H2,1H3,(H,18,19). The SMILES string of the molecule is Cc1c(Cl)cnn1Cc1ccccc1C=CC(=O)O. The van der Waals surface area contributed by atoms with Gasteiger partial charge < -0.3 is 5.11 Å². The first-order valence-electron chi connectivity index (χ1n) is 5.75. The molecule has 19 heavy (non-hydrogen) atoms. The molecule has 0 aliphatic carbocycles. The molecule has 0 spiro atoms. The molecule has 0 unspecified atom stereocenters. The van der Waals surface area contributed by atoms with Crippen molar-refractivity contribution in [2.24, 2.45) is 0 Å². The highest BCUT2D eigenvalue weighted by Gasteiger charge is 2.06. The van der Waals surface area contributed by atoms with Gasteiger partial charge in [-0.05, 0) is 24.1 Å². The summed E-state index contributed by atoms with van der Waals surface area (Å²) < 4.78 is 1.79. The number of aliphatic carboxylic acids is 1. The summed E-state index contributed by atoms with van der Waals surface area (Å²) in [6.07, 6.45) is 4.31. The van der Waals surface area contributed by atoms with Crippen LogP contribution in [0.2, 0.25) is 5.02 Å². The van der Waals surface area contributed by atoms with Gasteiger partial charge in [0, 0.05) is 6.08 Å². The summed E-state index contributed by atoms with van der Waals surface area (Å²) in [5.74, 6) is -0.965. The van der Waals surface area contributed by atoms with Crippen LogP contribution in [0.4, 0.5) is 0 Å². The zero-order chi connectivity index (χ0) is 13.8. The predicted molar refractivity (Wildman–Crippen MR) is 74.2 cm³/mol. The smallest absolute Gasteiger partial charge is 0.328 e. The van der Waals surface area contributed by atoms with E-state index in [9.17, 15) is 4.79 Å². The van der Waals surface area contributed by atoms with E-state index in [1.807, 2.05) is 31.2 Å². The highest BCUT2D eigenvalue weighted by molar-refractivity contribution is 6.31. The van der Waals surface area contributed by atoms with Gasteiger partial charge in [-0.1, -0.05) is 35.9 Å². The van der Waals surface area contributed by atoms with E-state index in [4.69, 9.17) is 16.7 Å². The Morgan fingerprint density at radius 1 is 1.47 bits per heavy atom. The number of hydrogen-bond donors (Lipinski definition) is 1. The molecule has 0 aliphatic heterocycles. The van der Waals surface area contributed by atoms with E-state index in [0.717, 1.165) is 22.9 Å². The Hall–Kier alpha value is -2.07. The molecular weight excluding hydrogens is 264 g/mol. The fourth-order valence-electron chi connectivity index (χ4n) is 1.75. The third-order valence-corrected chi connectivity index (χ3v) is 3.20. The summed E-state index contributed by atoms with van der Waals surface area (Å²) in [5.41, 5.74) is 2.73. The molecule has 2 aromatic rings. The first-order chi connectivity index (χ1) is 9.08. The van der Waals surface area contributed by atoms with Crippen LogP contribution in [0.3, 0.4) is 0 Å². The Bertz CT molecular complexity index is 632. The lowest BCUT2D eigenvalue weighted by molar-refractivity contribution is -0.131. The lowest BCUT2D eigenvalue weighted by Gasteiger charge is -2.08. The topological polar surface area (TPSA) is 55.1 Å². The molecule has 5 heteroatoms. The minimum atomic E-state index is -0.965. The van der Waals surface area contributed by atoms with Crippen LogP contribution < -0.4 is 0 Å². The van der Waals surface area contributed by atoms with E-state index in [-0.39, 0.29) is 0 Å². The predicted octanol–water partition coefficient (Wildman–Crippen LogP) is 2.99. The van der Waals surface area contributed by atoms with E-state index in [1.54, 1.807) is 17.0 Å². The molecular formula is C14H13ClN2O2. The number of nitrogens with zero attached hydrogens (tertiary/aromatic N) is 2. The summed E-state index contributed by atoms with van der Waals surface area (Å²) >= 11 is 5.96. The third-order valence-electron chi connectivity index (χ3n) is 2.82. The Morgan fingerprint density at radius 3 is 2.84 bits per heavy atom. The molecule has 4 nitrogen and oxygen atoms in total. The first-order valence-corrected chi connectivity index (χ1v) is 6.12. The van der Waals surface area contributed by atoms with Crippen molar-refractivity contribution in [2.45, 2.75) is 13.5 Å². The zero-order valence-electron chi connectivity index (χ0n) is 10.4. The number of carboxylic acids is 1. The monoisotopic (exact) mass is 276 g/mol. The summed E-state index contributed by atoms with van der Waals surface area (Å²) in [4.78, 5) is 10.6. The second-order valence-corrected chi connectivity index (χ2v) is 4.51. The first kappa shape index (κ1) is 13.4. The average Bonchev–Trinajstić information content (AvgIpc) is 2.70. The Labute approximate surface area is 115 Å². The summed E-state index contributed by atoms with van der Waals surface area (Å²) in [6.45, 7) is 2.45. The highest BCUT2D eigenvalue weighted by Crippen LogP contribution is 2.17. The van der Waals surface area contributed by atoms with E-state index < -0.39 is 5.97 Å². The van der Waals surface area contributed by atoms with Crippen molar-refractivity contribution in [1.29, 1.82) is 0 Å². The highest BCUT2D eigenvalue weighted by atomic mass is 35.5. The Balaban J connectivity index is 2.30. The fraction of sp³-hybridized carbons (Fsp3) is 0.143. The van der Waals surface area contributed by atoms with Crippen molar-refractivity contribution in [3.05, 3.63) is 58.4 Å². The van der Waals surface area contributed by atoms with Crippen LogP contribution in [-0.2, 0) is 11.3 Å². The maximum Gasteiger partial charge on any atom is 0.328 e. The van der Waals surface area contributed by atoms with Crippen LogP contribution in [0, 0.1) is 6.92 Å². The van der Waals surface area contributed by atoms with Crippen molar-refractivity contribution in [2.75, 3.05) is 0 Å². The molecule has 1 aromatic carbocycles. The molecule has 0 saturated heterocycles. The molecule has 1 heterocycles. The summed E-state index contributed by atoms with van der Waals surface area (Å²) in [7, 11) is 0. The largest absolute Gasteiger partial charge is 0.478 e. The van der Waals surface area contributed by atoms with Crippen molar-refractivity contribution in [3.63, 3.8) is 0 Å². The van der Waals surface area contributed by atoms with Crippen LogP contribution >= 0.6 is 11.6 Å². The van der Waals surface area contributed by atoms with Crippen LogP contribution in [0.25, 0.3) is 6.08 Å². The van der Waals surface area contributed by atoms with Gasteiger partial charge in [-0.25, -0.2) is 4.79 Å². The zero-order valence-corrected chi connectivity index (χ0v) is 11.1. The van der Waals surface area contributed by atoms with Crippen molar-refractivity contribution < 1.29 is 9.90 Å². The molecule has 0 aliphatic rings. The molecule has 0 amide bonds. The lowest BCUT2D eigenvalue weighted by Crippen LogP contribution is -2.05. The second kappa shape index (κ2) is 5.71. The summed E-state index contributed by atoms with van der Waals surface area (Å²) in [5, 5.41) is 13.5. The van der Waals surface area contributed by atoms with Gasteiger partial charge in [0.05, 0.1) is 23.5 Å². The number of rotatable bonds is 4. The van der Waals surface area contributed by atoms with Crippen molar-refractivity contribution in [1.82, 2.24) is 9.78 Å². The van der Waals surface area contributed by atoms with Gasteiger partial charge in [-0.3, -0.25) is 4.68 Å². The van der Waals surface area contributed by atoms with E-state index >= 15 is 0 Å². The van der Waals surface area contributed by atoms with Crippen LogP contribution in [0.15, 0.2) is 36.5 Å². The number of hydrogen-bond acceptors (Lipinski definition) is 2. The van der Waals surface area contributed by atoms with E-state index in [1.165, 1.54) is 0 Å². The van der Waals surface area contributed by atoms with Crippen LogP contribution in [0.5, 0.6) is 0 Å². The van der Waals surface area contributed by atoms with Gasteiger partial charge in [0.25, 0.3) is 0 Å². The van der Waals surface area contributed by atoms with Crippen LogP contribution in [-0.4, -0.2) is 20.9 Å². The average molecular weight is 277 g/mol. The van der Waals surface area contributed by atoms with Crippen molar-refractivity contribution >= 4 is 23.6 Å². The van der Waals surface area contributed by atoms with Gasteiger partial charge in [0.15, 0.2) is 0 Å². The number of carbonyl (C=O) groups is 1. The molecule has 1 N–H and O–H groups in total. The Morgan fingerprint density at radius 2 is 2.21 bits per heavy atom. The number of aromatic nitrogens is 2. The number of halogens is 1. The lowest BCUT2D eigenvalue weighted by atomic mass is 10.1. The molecule has 1 aromatic heterocycles. The van der Waals surface area contributed by atoms with Gasteiger partial charge in [-0.2, -0.15) is 5.10 Å². The summed E-state index contributed by atoms with van der Waals surface area (Å²) in [6, 6.07) is 7.59. The van der Waals surface area contributed by atoms with Crippen LogP contribution in [0.1, 0.15) is 16.8 Å². The molecule has 0 radical (unpaired) electrons. The Kier molecular flexibility index (Phi) is 4.02. The van der Waals surface area contributed by atoms with Gasteiger partial charge in [0.2, 0.25) is 0 Å². The number of benzene rings is 1. The molecule has 0 fully saturated rings. The fourth-order valence-corrected chi connectivity index (χ4v) is 1.89. The van der Waals surface area contributed by atoms with Gasteiger partial charge in [0.1, 0.15) is 0 Å². The van der Waals surface area contributed by atoms with Crippen molar-refractivity contribution in [3.8, 4) is 0 Å². The van der Waals surface area contributed by atoms with E-state index in [0.29, 0.717) is 11.6 Å². The molecule has 0 atom stereocenters. The third kappa shape index (κ3) is 3.23. The maximum absolute atomic E-state index is 10.6. The second-order valence-electron chi connectivity index (χ2n) is 4.11. The normalized spacial score (nSPS) is 11.1. The quantitative estimate of drug-likeness (QED) is 0.874. The number of carboxylic acid groups (broad SMARTS) is 1. The van der Waals surface area contributed by atoms with Gasteiger partial charge >= 0.3 is 5.97 Å². The minimum absolute atomic E-state index is 0.554. The van der Waals surface area contributed by atoms with Gasteiger partial charge in [-0.15, -0.1) is 0 Å². The minimum Gasteiger partial charge on any atom is -0.478 e. The molecule has 0 bridgehead atoms. The molecule has 2 rings (SSSR count). The maximum atomic E-state index is 10.6.